The molecule has 0 fully saturated rings. The number of nitrogens with zero attached hydrogens (tertiary/aromatic N) is 6. The van der Waals surface area contributed by atoms with Gasteiger partial charge < -0.3 is 47.7 Å². The molecule has 11 nitrogen and oxygen atoms in total. The van der Waals surface area contributed by atoms with Crippen LogP contribution in [0.1, 0.15) is 15.9 Å². The molecular weight excluding hydrogens is 1180 g/mol. The van der Waals surface area contributed by atoms with Crippen LogP contribution in [0.3, 0.4) is 0 Å². The summed E-state index contributed by atoms with van der Waals surface area (Å²) in [5.74, 6) is 6.22. The highest BCUT2D eigenvalue weighted by Gasteiger charge is 2.32. The summed E-state index contributed by atoms with van der Waals surface area (Å²) in [6, 6.07) is 108. The Morgan fingerprint density at radius 2 is 0.396 bits per heavy atom. The number of hydrogen-bond donors (Lipinski definition) is 0. The molecule has 0 bridgehead atoms. The van der Waals surface area contributed by atoms with E-state index < -0.39 is 0 Å². The molecule has 20 rings (SSSR count). The molecule has 0 spiro atoms. The van der Waals surface area contributed by atoms with Gasteiger partial charge in [0.25, 0.3) is 0 Å². The highest BCUT2D eigenvalue weighted by atomic mass is 16.5. The first kappa shape index (κ1) is 53.4. The molecule has 0 radical (unpaired) electrons. The van der Waals surface area contributed by atoms with E-state index >= 15 is 0 Å². The maximum absolute atomic E-state index is 14.9. The summed E-state index contributed by atoms with van der Waals surface area (Å²) in [6.07, 6.45) is 0. The minimum atomic E-state index is -0.0737. The summed E-state index contributed by atoms with van der Waals surface area (Å²) < 4.78 is 30.5. The third kappa shape index (κ3) is 8.17. The molecule has 16 aromatic rings. The van der Waals surface area contributed by atoms with E-state index in [0.29, 0.717) is 11.1 Å². The molecule has 11 heteroatoms. The number of anilines is 12. The first-order valence-electron chi connectivity index (χ1n) is 32.1. The molecule has 14 aromatic carbocycles. The number of hydrogen-bond acceptors (Lipinski definition) is 9. The highest BCUT2D eigenvalue weighted by Crippen LogP contribution is 2.56. The maximum Gasteiger partial charge on any atom is 0.193 e. The van der Waals surface area contributed by atoms with Gasteiger partial charge in [0.15, 0.2) is 51.8 Å². The first-order chi connectivity index (χ1) is 47.5. The second kappa shape index (κ2) is 20.9. The van der Waals surface area contributed by atoms with Gasteiger partial charge in [-0.2, -0.15) is 0 Å². The standard InChI is InChI=1S/C85H52N6O5/c92-85(53-33-37-55(38-34-53)86-65-45-41-57(88-69-17-1-9-25-77(69)93-78-26-10-2-18-70(78)88)49-61(65)62-50-58(42-46-66(62)86)89-71-19-3-11-27-79(71)94-80-28-12-4-20-72(80)89)54-35-39-56(40-36-54)87-67-47-43-59(90-73-21-5-13-29-81(73)95-82-30-14-6-22-74(82)90)51-63(67)64-52-60(44-48-68(64)87)91-75-23-7-15-31-83(75)96-84-32-16-8-24-76(84)91/h1-52H. The Kier molecular flexibility index (Phi) is 11.6. The highest BCUT2D eigenvalue weighted by molar-refractivity contribution is 6.15. The van der Waals surface area contributed by atoms with Crippen molar-refractivity contribution in [2.45, 2.75) is 0 Å². The third-order valence-electron chi connectivity index (χ3n) is 19.0. The Morgan fingerprint density at radius 1 is 0.208 bits per heavy atom. The maximum atomic E-state index is 14.9. The van der Waals surface area contributed by atoms with Crippen LogP contribution in [0.4, 0.5) is 68.2 Å². The lowest BCUT2D eigenvalue weighted by atomic mass is 10.0. The number of fused-ring (bicyclic) bond motifs is 14. The summed E-state index contributed by atoms with van der Waals surface area (Å²) in [6.45, 7) is 0. The number of benzene rings is 14. The van der Waals surface area contributed by atoms with Crippen LogP contribution >= 0.6 is 0 Å². The van der Waals surface area contributed by atoms with Crippen molar-refractivity contribution in [2.24, 2.45) is 0 Å². The SMILES string of the molecule is O=C(c1ccc(-n2c3ccc(N4c5ccccc5Oc5ccccc54)cc3c3cc(N4c5ccccc5Oc5ccccc54)ccc32)cc1)c1ccc(-n2c3ccc(N4c5ccccc5Oc5ccccc54)cc3c3cc(N4c5ccccc5Oc5ccccc54)ccc32)cc1. The van der Waals surface area contributed by atoms with Crippen molar-refractivity contribution in [3.63, 3.8) is 0 Å². The van der Waals surface area contributed by atoms with Crippen LogP contribution in [0, 0.1) is 0 Å². The van der Waals surface area contributed by atoms with Gasteiger partial charge in [0.2, 0.25) is 0 Å². The van der Waals surface area contributed by atoms with Crippen LogP contribution < -0.4 is 38.5 Å². The number of carbonyl (C=O) groups excluding carboxylic acids is 1. The molecule has 0 amide bonds. The van der Waals surface area contributed by atoms with Crippen molar-refractivity contribution in [2.75, 3.05) is 19.6 Å². The van der Waals surface area contributed by atoms with E-state index in [1.807, 2.05) is 121 Å². The lowest BCUT2D eigenvalue weighted by molar-refractivity contribution is 0.103. The Balaban J connectivity index is 0.684. The van der Waals surface area contributed by atoms with Crippen molar-refractivity contribution < 1.29 is 23.7 Å². The first-order valence-corrected chi connectivity index (χ1v) is 32.1. The van der Waals surface area contributed by atoms with Crippen LogP contribution in [0.2, 0.25) is 0 Å². The molecule has 0 N–H and O–H groups in total. The van der Waals surface area contributed by atoms with Crippen LogP contribution in [0.5, 0.6) is 46.0 Å². The predicted molar refractivity (Wildman–Crippen MR) is 384 cm³/mol. The van der Waals surface area contributed by atoms with E-state index in [1.54, 1.807) is 0 Å². The summed E-state index contributed by atoms with van der Waals surface area (Å²) >= 11 is 0. The van der Waals surface area contributed by atoms with Gasteiger partial charge in [-0.3, -0.25) is 4.79 Å². The Bertz CT molecular complexity index is 5080. The van der Waals surface area contributed by atoms with Crippen molar-refractivity contribution >= 4 is 118 Å². The largest absolute Gasteiger partial charge is 0.453 e. The lowest BCUT2D eigenvalue weighted by Crippen LogP contribution is -2.15. The van der Waals surface area contributed by atoms with Gasteiger partial charge >= 0.3 is 0 Å². The van der Waals surface area contributed by atoms with E-state index in [9.17, 15) is 4.79 Å². The minimum Gasteiger partial charge on any atom is -0.453 e. The molecule has 0 unspecified atom stereocenters. The monoisotopic (exact) mass is 1240 g/mol. The van der Waals surface area contributed by atoms with Gasteiger partial charge in [-0.05, 0) is 218 Å². The lowest BCUT2D eigenvalue weighted by Gasteiger charge is -2.33. The summed E-state index contributed by atoms with van der Waals surface area (Å²) in [7, 11) is 0. The van der Waals surface area contributed by atoms with E-state index in [1.165, 1.54) is 0 Å². The molecular formula is C85H52N6O5. The number of ether oxygens (including phenoxy) is 4. The quantitative estimate of drug-likeness (QED) is 0.138. The Morgan fingerprint density at radius 3 is 0.604 bits per heavy atom. The molecule has 4 aliphatic rings. The van der Waals surface area contributed by atoms with Crippen molar-refractivity contribution in [3.05, 3.63) is 327 Å². The van der Waals surface area contributed by atoms with E-state index in [0.717, 1.165) is 169 Å². The smallest absolute Gasteiger partial charge is 0.193 e. The van der Waals surface area contributed by atoms with Crippen LogP contribution in [-0.2, 0) is 0 Å². The average Bonchev–Trinajstić information content (AvgIpc) is 1.60. The molecule has 0 saturated heterocycles. The van der Waals surface area contributed by atoms with E-state index in [-0.39, 0.29) is 5.78 Å². The summed E-state index contributed by atoms with van der Waals surface area (Å²) in [5.41, 5.74) is 18.7. The second-order valence-electron chi connectivity index (χ2n) is 24.4. The molecule has 0 atom stereocenters. The van der Waals surface area contributed by atoms with E-state index in [2.05, 4.69) is 223 Å². The second-order valence-corrected chi connectivity index (χ2v) is 24.4. The zero-order valence-electron chi connectivity index (χ0n) is 51.2. The van der Waals surface area contributed by atoms with Gasteiger partial charge in [0.1, 0.15) is 0 Å². The molecule has 0 aliphatic carbocycles. The van der Waals surface area contributed by atoms with Gasteiger partial charge in [-0.25, -0.2) is 0 Å². The van der Waals surface area contributed by atoms with E-state index in [4.69, 9.17) is 18.9 Å². The summed E-state index contributed by atoms with van der Waals surface area (Å²) in [4.78, 5) is 24.0. The van der Waals surface area contributed by atoms with Crippen LogP contribution in [-0.4, -0.2) is 14.9 Å². The van der Waals surface area contributed by atoms with Gasteiger partial charge in [-0.15, -0.1) is 0 Å². The normalized spacial score (nSPS) is 13.1. The number of ketones is 1. The number of aromatic nitrogens is 2. The fourth-order valence-corrected chi connectivity index (χ4v) is 14.7. The number of rotatable bonds is 8. The topological polar surface area (TPSA) is 76.8 Å². The van der Waals surface area contributed by atoms with Crippen molar-refractivity contribution in [1.82, 2.24) is 9.13 Å². The van der Waals surface area contributed by atoms with Gasteiger partial charge in [-0.1, -0.05) is 97.1 Å². The molecule has 452 valence electrons. The fraction of sp³-hybridized carbons (Fsp3) is 0. The Hall–Kier alpha value is -13.3. The van der Waals surface area contributed by atoms with Gasteiger partial charge in [0, 0.05) is 66.8 Å². The van der Waals surface area contributed by atoms with Crippen LogP contribution in [0.15, 0.2) is 315 Å². The number of para-hydroxylation sites is 16. The van der Waals surface area contributed by atoms with Crippen molar-refractivity contribution in [3.8, 4) is 57.4 Å². The van der Waals surface area contributed by atoms with Crippen molar-refractivity contribution in [1.29, 1.82) is 0 Å². The third-order valence-corrected chi connectivity index (χ3v) is 19.0. The molecule has 0 saturated carbocycles. The molecule has 4 aliphatic heterocycles. The zero-order chi connectivity index (χ0) is 63.1. The van der Waals surface area contributed by atoms with Crippen LogP contribution in [0.25, 0.3) is 55.0 Å². The molecule has 6 heterocycles. The molecule has 96 heavy (non-hydrogen) atoms. The molecule has 2 aromatic heterocycles. The average molecular weight is 1240 g/mol. The number of carbonyl (C=O) groups is 1. The summed E-state index contributed by atoms with van der Waals surface area (Å²) in [5, 5.41) is 4.25. The Labute approximate surface area is 551 Å². The van der Waals surface area contributed by atoms with Gasteiger partial charge in [0.05, 0.1) is 67.6 Å². The predicted octanol–water partition coefficient (Wildman–Crippen LogP) is 23.4. The minimum absolute atomic E-state index is 0.0737. The fourth-order valence-electron chi connectivity index (χ4n) is 14.7. The zero-order valence-corrected chi connectivity index (χ0v) is 51.2.